The van der Waals surface area contributed by atoms with Gasteiger partial charge in [0.15, 0.2) is 5.06 Å². The molecule has 2 rings (SSSR count). The van der Waals surface area contributed by atoms with E-state index in [-0.39, 0.29) is 0 Å². The van der Waals surface area contributed by atoms with Crippen molar-refractivity contribution in [3.8, 4) is 5.06 Å². The molecule has 2 nitrogen and oxygen atoms in total. The van der Waals surface area contributed by atoms with E-state index in [1.54, 1.807) is 18.4 Å². The largest absolute Gasteiger partial charge is 0.487 e. The molecule has 1 aromatic carbocycles. The molecule has 0 unspecified atom stereocenters. The zero-order chi connectivity index (χ0) is 10.7. The third-order valence-corrected chi connectivity index (χ3v) is 3.37. The average Bonchev–Trinajstić information content (AvgIpc) is 2.78. The maximum absolute atomic E-state index is 5.17. The van der Waals surface area contributed by atoms with Crippen LogP contribution in [0.15, 0.2) is 42.5 Å². The van der Waals surface area contributed by atoms with E-state index in [0.717, 1.165) is 5.06 Å². The zero-order valence-corrected chi connectivity index (χ0v) is 9.62. The summed E-state index contributed by atoms with van der Waals surface area (Å²) >= 11 is 1.64. The summed E-state index contributed by atoms with van der Waals surface area (Å²) in [6.07, 6.45) is 0. The Morgan fingerprint density at radius 2 is 1.80 bits per heavy atom. The summed E-state index contributed by atoms with van der Waals surface area (Å²) in [7, 11) is 3.75. The molecule has 0 aliphatic carbocycles. The molecule has 0 atom stereocenters. The molecule has 0 amide bonds. The number of para-hydroxylation sites is 1. The smallest absolute Gasteiger partial charge is 0.175 e. The number of thiophene rings is 1. The fraction of sp³-hybridized carbons (Fsp3) is 0.167. The SMILES string of the molecule is COc1ccc(N(C)c2ccccc2)s1. The van der Waals surface area contributed by atoms with Gasteiger partial charge in [-0.25, -0.2) is 0 Å². The minimum Gasteiger partial charge on any atom is -0.487 e. The van der Waals surface area contributed by atoms with Gasteiger partial charge in [0.25, 0.3) is 0 Å². The van der Waals surface area contributed by atoms with Gasteiger partial charge in [-0.05, 0) is 24.3 Å². The van der Waals surface area contributed by atoms with Crippen LogP contribution in [0.5, 0.6) is 5.06 Å². The second kappa shape index (κ2) is 4.36. The topological polar surface area (TPSA) is 12.5 Å². The van der Waals surface area contributed by atoms with E-state index in [0.29, 0.717) is 0 Å². The van der Waals surface area contributed by atoms with E-state index >= 15 is 0 Å². The predicted octanol–water partition coefficient (Wildman–Crippen LogP) is 3.52. The highest BCUT2D eigenvalue weighted by molar-refractivity contribution is 7.17. The molecule has 0 aliphatic heterocycles. The second-order valence-electron chi connectivity index (χ2n) is 3.19. The number of methoxy groups -OCH3 is 1. The van der Waals surface area contributed by atoms with Crippen molar-refractivity contribution in [2.75, 3.05) is 19.1 Å². The van der Waals surface area contributed by atoms with Crippen molar-refractivity contribution in [2.24, 2.45) is 0 Å². The van der Waals surface area contributed by atoms with Gasteiger partial charge in [-0.15, -0.1) is 0 Å². The van der Waals surface area contributed by atoms with Crippen LogP contribution in [0, 0.1) is 0 Å². The fourth-order valence-corrected chi connectivity index (χ4v) is 2.18. The second-order valence-corrected chi connectivity index (χ2v) is 4.22. The molecular formula is C12H13NOS. The van der Waals surface area contributed by atoms with E-state index in [1.165, 1.54) is 10.7 Å². The normalized spacial score (nSPS) is 10.0. The first-order chi connectivity index (χ1) is 7.31. The highest BCUT2D eigenvalue weighted by atomic mass is 32.1. The first-order valence-corrected chi connectivity index (χ1v) is 5.55. The van der Waals surface area contributed by atoms with E-state index in [1.807, 2.05) is 24.3 Å². The van der Waals surface area contributed by atoms with Crippen LogP contribution >= 0.6 is 11.3 Å². The lowest BCUT2D eigenvalue weighted by Gasteiger charge is -2.16. The Morgan fingerprint density at radius 3 is 2.40 bits per heavy atom. The molecule has 0 spiro atoms. The van der Waals surface area contributed by atoms with Crippen molar-refractivity contribution in [2.45, 2.75) is 0 Å². The summed E-state index contributed by atoms with van der Waals surface area (Å²) in [6, 6.07) is 14.3. The molecule has 1 heterocycles. The minimum atomic E-state index is 0.938. The summed E-state index contributed by atoms with van der Waals surface area (Å²) in [5.41, 5.74) is 1.18. The van der Waals surface area contributed by atoms with Crippen molar-refractivity contribution in [3.05, 3.63) is 42.5 Å². The highest BCUT2D eigenvalue weighted by Crippen LogP contribution is 2.34. The van der Waals surface area contributed by atoms with Crippen LogP contribution in [0.1, 0.15) is 0 Å². The summed E-state index contributed by atoms with van der Waals surface area (Å²) in [5, 5.41) is 2.12. The molecule has 0 aliphatic rings. The van der Waals surface area contributed by atoms with Crippen molar-refractivity contribution < 1.29 is 4.74 Å². The third-order valence-electron chi connectivity index (χ3n) is 2.24. The maximum Gasteiger partial charge on any atom is 0.175 e. The molecule has 0 saturated carbocycles. The molecular weight excluding hydrogens is 206 g/mol. The lowest BCUT2D eigenvalue weighted by Crippen LogP contribution is -2.06. The number of nitrogens with zero attached hydrogens (tertiary/aromatic N) is 1. The number of anilines is 2. The molecule has 0 radical (unpaired) electrons. The van der Waals surface area contributed by atoms with Crippen LogP contribution in [0.4, 0.5) is 10.7 Å². The van der Waals surface area contributed by atoms with E-state index in [2.05, 4.69) is 30.1 Å². The molecule has 78 valence electrons. The standard InChI is InChI=1S/C12H13NOS/c1-13(10-6-4-3-5-7-10)11-8-9-12(14-2)15-11/h3-9H,1-2H3. The Hall–Kier alpha value is -1.48. The first kappa shape index (κ1) is 10.1. The summed E-state index contributed by atoms with van der Waals surface area (Å²) in [6.45, 7) is 0. The summed E-state index contributed by atoms with van der Waals surface area (Å²) in [5.74, 6) is 0. The number of benzene rings is 1. The van der Waals surface area contributed by atoms with E-state index in [9.17, 15) is 0 Å². The van der Waals surface area contributed by atoms with Crippen LogP contribution in [0.25, 0.3) is 0 Å². The van der Waals surface area contributed by atoms with Gasteiger partial charge in [0.2, 0.25) is 0 Å². The van der Waals surface area contributed by atoms with Crippen molar-refractivity contribution in [1.82, 2.24) is 0 Å². The zero-order valence-electron chi connectivity index (χ0n) is 8.81. The van der Waals surface area contributed by atoms with Gasteiger partial charge in [0.1, 0.15) is 0 Å². The lowest BCUT2D eigenvalue weighted by atomic mass is 10.3. The fourth-order valence-electron chi connectivity index (χ4n) is 1.38. The lowest BCUT2D eigenvalue weighted by molar-refractivity contribution is 0.427. The Labute approximate surface area is 93.7 Å². The number of hydrogen-bond acceptors (Lipinski definition) is 3. The minimum absolute atomic E-state index is 0.938. The molecule has 15 heavy (non-hydrogen) atoms. The van der Waals surface area contributed by atoms with Gasteiger partial charge in [0, 0.05) is 12.7 Å². The average molecular weight is 219 g/mol. The van der Waals surface area contributed by atoms with Gasteiger partial charge in [-0.3, -0.25) is 0 Å². The van der Waals surface area contributed by atoms with Crippen LogP contribution in [0.2, 0.25) is 0 Å². The van der Waals surface area contributed by atoms with Gasteiger partial charge in [-0.1, -0.05) is 29.5 Å². The molecule has 3 heteroatoms. The van der Waals surface area contributed by atoms with Crippen LogP contribution in [-0.4, -0.2) is 14.2 Å². The third kappa shape index (κ3) is 2.13. The van der Waals surface area contributed by atoms with Crippen LogP contribution in [0.3, 0.4) is 0 Å². The molecule has 0 N–H and O–H groups in total. The molecule has 0 bridgehead atoms. The van der Waals surface area contributed by atoms with E-state index in [4.69, 9.17) is 4.74 Å². The predicted molar refractivity (Wildman–Crippen MR) is 65.4 cm³/mol. The highest BCUT2D eigenvalue weighted by Gasteiger charge is 2.06. The van der Waals surface area contributed by atoms with Gasteiger partial charge in [0.05, 0.1) is 12.1 Å². The molecule has 2 aromatic rings. The van der Waals surface area contributed by atoms with Crippen molar-refractivity contribution in [1.29, 1.82) is 0 Å². The van der Waals surface area contributed by atoms with Crippen LogP contribution < -0.4 is 9.64 Å². The number of hydrogen-bond donors (Lipinski definition) is 0. The van der Waals surface area contributed by atoms with Crippen molar-refractivity contribution in [3.63, 3.8) is 0 Å². The number of ether oxygens (including phenoxy) is 1. The van der Waals surface area contributed by atoms with Gasteiger partial charge < -0.3 is 9.64 Å². The molecule has 0 fully saturated rings. The Bertz CT molecular complexity index is 424. The van der Waals surface area contributed by atoms with E-state index < -0.39 is 0 Å². The number of rotatable bonds is 3. The first-order valence-electron chi connectivity index (χ1n) is 4.74. The van der Waals surface area contributed by atoms with Crippen LogP contribution in [-0.2, 0) is 0 Å². The molecule has 0 saturated heterocycles. The molecule has 1 aromatic heterocycles. The van der Waals surface area contributed by atoms with Crippen molar-refractivity contribution >= 4 is 22.0 Å². The van der Waals surface area contributed by atoms with Gasteiger partial charge in [-0.2, -0.15) is 0 Å². The summed E-state index contributed by atoms with van der Waals surface area (Å²) in [4.78, 5) is 2.15. The monoisotopic (exact) mass is 219 g/mol. The van der Waals surface area contributed by atoms with Gasteiger partial charge >= 0.3 is 0 Å². The maximum atomic E-state index is 5.17. The Balaban J connectivity index is 2.24. The quantitative estimate of drug-likeness (QED) is 0.783. The summed E-state index contributed by atoms with van der Waals surface area (Å²) < 4.78 is 5.17. The Morgan fingerprint density at radius 1 is 1.07 bits per heavy atom. The Kier molecular flexibility index (Phi) is 2.92.